The van der Waals surface area contributed by atoms with Crippen LogP contribution in [0.2, 0.25) is 0 Å². The maximum atomic E-state index is 14.1. The lowest BCUT2D eigenvalue weighted by Crippen LogP contribution is -2.48. The number of carbonyl (C=O) groups is 5. The van der Waals surface area contributed by atoms with Gasteiger partial charge in [0, 0.05) is 139 Å². The van der Waals surface area contributed by atoms with Crippen molar-refractivity contribution in [2.24, 2.45) is 0 Å². The summed E-state index contributed by atoms with van der Waals surface area (Å²) in [4.78, 5) is 84.2. The maximum absolute atomic E-state index is 14.1. The number of alkyl halides is 2. The van der Waals surface area contributed by atoms with E-state index in [9.17, 15) is 24.0 Å². The number of nitrogens with one attached hydrogen (secondary N) is 2. The third-order valence-corrected chi connectivity index (χ3v) is 16.3. The van der Waals surface area contributed by atoms with E-state index in [0.29, 0.717) is 91.0 Å². The monoisotopic (exact) mass is 1130 g/mol. The van der Waals surface area contributed by atoms with E-state index in [4.69, 9.17) is 43.1 Å². The van der Waals surface area contributed by atoms with Gasteiger partial charge in [-0.3, -0.25) is 14.4 Å². The molecule has 2 atom stereocenters. The number of amides is 4. The number of nitrogens with zero attached hydrogens (tertiary/aromatic N) is 6. The summed E-state index contributed by atoms with van der Waals surface area (Å²) in [5, 5.41) is 5.18. The number of esters is 1. The molecule has 4 N–H and O–H groups in total. The Labute approximate surface area is 479 Å². The van der Waals surface area contributed by atoms with Crippen molar-refractivity contribution in [2.75, 3.05) is 107 Å². The van der Waals surface area contributed by atoms with Crippen LogP contribution >= 0.6 is 23.2 Å². The standard InChI is InChI=1S/C34H37ClN4O5.C28H28ClN5O3/c1-34(2,3)44-30(40)16-21-9-10-26-22(15-21)17-27(36-26)32(41)39-20-23(19-35)31-25-8-6-5-7-24(25)29(18-28(31)39)43-33(42)38-13-11-37(4)12-14-38;1-32-8-10-33(11-9-32)28(36)37-25-14-24-26(21-5-3-2-4-20(21)25)18(15-29)16-34(24)27(35)23-13-17-12-19(30)6-7-22(17)31-23/h5-10,15,17-18,23,36H,11-14,16,19-20H2,1-4H3;2-7,12-14,18,31H,8-11,15-16,30H2,1H3/t23-;18-/m11/s1. The molecule has 2 aromatic heterocycles. The fraction of sp³-hybridized carbons (Fsp3) is 0.339. The number of rotatable bonds is 8. The van der Waals surface area contributed by atoms with Gasteiger partial charge in [-0.25, -0.2) is 9.59 Å². The van der Waals surface area contributed by atoms with Crippen LogP contribution in [0.25, 0.3) is 43.4 Å². The van der Waals surface area contributed by atoms with Gasteiger partial charge in [0.2, 0.25) is 0 Å². The van der Waals surface area contributed by atoms with Gasteiger partial charge in [0.25, 0.3) is 11.8 Å². The lowest BCUT2D eigenvalue weighted by atomic mass is 9.95. The highest BCUT2D eigenvalue weighted by molar-refractivity contribution is 6.20. The summed E-state index contributed by atoms with van der Waals surface area (Å²) >= 11 is 12.9. The molecule has 0 unspecified atom stereocenters. The second kappa shape index (κ2) is 22.6. The number of anilines is 3. The number of likely N-dealkylation sites (N-methyl/N-ethyl adjacent to an activating group) is 2. The van der Waals surface area contributed by atoms with Crippen LogP contribution in [-0.4, -0.2) is 156 Å². The highest BCUT2D eigenvalue weighted by Gasteiger charge is 2.38. The Kier molecular flexibility index (Phi) is 15.4. The Hall–Kier alpha value is -7.83. The predicted molar refractivity (Wildman–Crippen MR) is 319 cm³/mol. The highest BCUT2D eigenvalue weighted by atomic mass is 35.5. The van der Waals surface area contributed by atoms with Gasteiger partial charge in [-0.1, -0.05) is 54.6 Å². The third kappa shape index (κ3) is 11.3. The summed E-state index contributed by atoms with van der Waals surface area (Å²) in [6.45, 7) is 11.9. The second-order valence-corrected chi connectivity index (χ2v) is 23.1. The van der Waals surface area contributed by atoms with E-state index in [0.717, 1.165) is 86.2 Å². The molecule has 4 aliphatic heterocycles. The van der Waals surface area contributed by atoms with Crippen molar-refractivity contribution in [2.45, 2.75) is 44.6 Å². The maximum Gasteiger partial charge on any atom is 0.415 e. The van der Waals surface area contributed by atoms with Crippen LogP contribution in [0.15, 0.2) is 109 Å². The van der Waals surface area contributed by atoms with Crippen molar-refractivity contribution < 1.29 is 38.2 Å². The third-order valence-electron chi connectivity index (χ3n) is 15.6. The molecule has 81 heavy (non-hydrogen) atoms. The second-order valence-electron chi connectivity index (χ2n) is 22.5. The summed E-state index contributed by atoms with van der Waals surface area (Å²) in [7, 11) is 4.07. The lowest BCUT2D eigenvalue weighted by molar-refractivity contribution is -0.153. The van der Waals surface area contributed by atoms with Crippen molar-refractivity contribution >= 4 is 114 Å². The Balaban J connectivity index is 0.000000173. The van der Waals surface area contributed by atoms with Crippen LogP contribution in [-0.2, 0) is 16.0 Å². The molecule has 0 aliphatic carbocycles. The first-order valence-corrected chi connectivity index (χ1v) is 28.4. The van der Waals surface area contributed by atoms with Crippen molar-refractivity contribution in [1.82, 2.24) is 29.6 Å². The topological polar surface area (TPSA) is 190 Å². The number of ether oxygens (including phenoxy) is 3. The zero-order valence-corrected chi connectivity index (χ0v) is 47.5. The van der Waals surface area contributed by atoms with Crippen LogP contribution in [0.4, 0.5) is 26.7 Å². The molecule has 8 aromatic rings. The van der Waals surface area contributed by atoms with Crippen LogP contribution in [0.5, 0.6) is 11.5 Å². The number of aromatic nitrogens is 2. The Bertz CT molecular complexity index is 3760. The first-order chi connectivity index (χ1) is 38.9. The highest BCUT2D eigenvalue weighted by Crippen LogP contribution is 2.48. The number of carbonyl (C=O) groups excluding carboxylic acids is 5. The van der Waals surface area contributed by atoms with Crippen LogP contribution in [0.1, 0.15) is 70.3 Å². The van der Waals surface area contributed by atoms with Crippen LogP contribution in [0, 0.1) is 0 Å². The largest absolute Gasteiger partial charge is 0.460 e. The number of halogens is 2. The van der Waals surface area contributed by atoms with Gasteiger partial charge < -0.3 is 59.3 Å². The normalized spacial score (nSPS) is 17.6. The SMILES string of the molecule is CN1CCN(C(=O)Oc2cc3c(c4ccccc24)[C@H](CCl)CN3C(=O)c2cc3cc(CC(=O)OC(C)(C)C)ccc3[nH]2)CC1.CN1CCN(C(=O)Oc2cc3c(c4ccccc24)[C@H](CCl)CN3C(=O)c2cc3cc(N)ccc3[nH]2)CC1. The number of nitrogens with two attached hydrogens (primary N) is 1. The summed E-state index contributed by atoms with van der Waals surface area (Å²) in [5.74, 6) is 0.731. The molecule has 6 aromatic carbocycles. The van der Waals surface area contributed by atoms with Crippen molar-refractivity contribution in [3.8, 4) is 11.5 Å². The van der Waals surface area contributed by atoms with Gasteiger partial charge in [0.15, 0.2) is 0 Å². The van der Waals surface area contributed by atoms with Crippen LogP contribution < -0.4 is 25.0 Å². The van der Waals surface area contributed by atoms with Gasteiger partial charge in [0.05, 0.1) is 17.8 Å². The molecule has 4 amide bonds. The number of hydrogen-bond acceptors (Lipinski definition) is 11. The van der Waals surface area contributed by atoms with E-state index in [-0.39, 0.29) is 42.1 Å². The zero-order valence-electron chi connectivity index (χ0n) is 46.0. The summed E-state index contributed by atoms with van der Waals surface area (Å²) < 4.78 is 17.4. The number of piperazine rings is 2. The fourth-order valence-electron chi connectivity index (χ4n) is 11.4. The van der Waals surface area contributed by atoms with E-state index in [1.807, 2.05) is 126 Å². The van der Waals surface area contributed by atoms with Gasteiger partial charge in [-0.15, -0.1) is 23.2 Å². The predicted octanol–water partition coefficient (Wildman–Crippen LogP) is 10.6. The average Bonchev–Trinajstić information content (AvgIpc) is 4.32. The van der Waals surface area contributed by atoms with Gasteiger partial charge in [-0.05, 0) is 105 Å². The molecular weight excluding hydrogens is 1070 g/mol. The minimum atomic E-state index is -0.560. The number of fused-ring (bicyclic) bond motifs is 8. The molecule has 17 nitrogen and oxygen atoms in total. The van der Waals surface area contributed by atoms with Gasteiger partial charge in [0.1, 0.15) is 28.5 Å². The van der Waals surface area contributed by atoms with E-state index in [1.54, 1.807) is 37.8 Å². The van der Waals surface area contributed by atoms with E-state index in [1.165, 1.54) is 0 Å². The number of hydrogen-bond donors (Lipinski definition) is 3. The first-order valence-electron chi connectivity index (χ1n) is 27.3. The first kappa shape index (κ1) is 55.1. The Morgan fingerprint density at radius 3 is 1.44 bits per heavy atom. The summed E-state index contributed by atoms with van der Waals surface area (Å²) in [6, 6.07) is 34.0. The average molecular weight is 1140 g/mol. The molecule has 6 heterocycles. The quantitative estimate of drug-likeness (QED) is 0.0746. The minimum absolute atomic E-state index is 0.0482. The number of nitrogen functional groups attached to an aromatic ring is 1. The number of H-pyrrole nitrogens is 2. The van der Waals surface area contributed by atoms with Crippen molar-refractivity contribution in [3.63, 3.8) is 0 Å². The molecule has 2 saturated heterocycles. The van der Waals surface area contributed by atoms with E-state index >= 15 is 0 Å². The molecule has 0 radical (unpaired) electrons. The molecule has 0 saturated carbocycles. The number of aromatic amines is 2. The summed E-state index contributed by atoms with van der Waals surface area (Å²) in [6.07, 6.45) is -0.636. The molecule has 2 fully saturated rings. The Morgan fingerprint density at radius 1 is 0.568 bits per heavy atom. The fourth-order valence-corrected chi connectivity index (χ4v) is 11.9. The zero-order chi connectivity index (χ0) is 56.9. The molecule has 0 bridgehead atoms. The number of benzene rings is 6. The van der Waals surface area contributed by atoms with Crippen molar-refractivity contribution in [1.29, 1.82) is 0 Å². The van der Waals surface area contributed by atoms with Crippen molar-refractivity contribution in [3.05, 3.63) is 137 Å². The van der Waals surface area contributed by atoms with E-state index < -0.39 is 11.7 Å². The summed E-state index contributed by atoms with van der Waals surface area (Å²) in [5.41, 5.74) is 12.7. The molecule has 12 rings (SSSR count). The minimum Gasteiger partial charge on any atom is -0.460 e. The van der Waals surface area contributed by atoms with E-state index in [2.05, 4.69) is 19.8 Å². The molecule has 19 heteroatoms. The molecule has 420 valence electrons. The Morgan fingerprint density at radius 2 is 1.00 bits per heavy atom. The van der Waals surface area contributed by atoms with Gasteiger partial charge >= 0.3 is 18.2 Å². The van der Waals surface area contributed by atoms with Crippen LogP contribution in [0.3, 0.4) is 0 Å². The smallest absolute Gasteiger partial charge is 0.415 e. The molecule has 4 aliphatic rings. The molecule has 0 spiro atoms. The molecular formula is C62H65Cl2N9O8. The lowest BCUT2D eigenvalue weighted by Gasteiger charge is -2.31. The van der Waals surface area contributed by atoms with Gasteiger partial charge in [-0.2, -0.15) is 0 Å².